The van der Waals surface area contributed by atoms with Crippen molar-refractivity contribution in [3.05, 3.63) is 29.6 Å². The van der Waals surface area contributed by atoms with E-state index in [0.29, 0.717) is 0 Å². The number of amides is 3. The van der Waals surface area contributed by atoms with Gasteiger partial charge in [0.25, 0.3) is 5.91 Å². The second-order valence-electron chi connectivity index (χ2n) is 3.97. The van der Waals surface area contributed by atoms with Crippen LogP contribution in [0.5, 0.6) is 5.75 Å². The largest absolute Gasteiger partial charge is 0.494 e. The summed E-state index contributed by atoms with van der Waals surface area (Å²) in [6, 6.07) is 2.78. The average molecular weight is 298 g/mol. The van der Waals surface area contributed by atoms with E-state index in [1.54, 1.807) is 0 Å². The van der Waals surface area contributed by atoms with Gasteiger partial charge in [-0.25, -0.2) is 14.0 Å². The van der Waals surface area contributed by atoms with Crippen molar-refractivity contribution < 1.29 is 28.2 Å². The van der Waals surface area contributed by atoms with Crippen molar-refractivity contribution in [1.82, 2.24) is 10.6 Å². The molecule has 0 spiro atoms. The molecule has 0 aliphatic carbocycles. The van der Waals surface area contributed by atoms with Crippen molar-refractivity contribution in [3.63, 3.8) is 0 Å². The zero-order valence-corrected chi connectivity index (χ0v) is 11.7. The molecule has 2 N–H and O–H groups in total. The minimum atomic E-state index is -1.21. The number of rotatable bonds is 4. The van der Waals surface area contributed by atoms with Gasteiger partial charge in [-0.3, -0.25) is 10.1 Å². The average Bonchev–Trinajstić information content (AvgIpc) is 2.46. The number of nitrogens with one attached hydrogen (secondary N) is 2. The van der Waals surface area contributed by atoms with Gasteiger partial charge in [-0.1, -0.05) is 0 Å². The highest BCUT2D eigenvalue weighted by atomic mass is 19.1. The van der Waals surface area contributed by atoms with Gasteiger partial charge in [0.2, 0.25) is 0 Å². The topological polar surface area (TPSA) is 93.7 Å². The number of hydrogen-bond donors (Lipinski definition) is 2. The van der Waals surface area contributed by atoms with Crippen molar-refractivity contribution >= 4 is 17.9 Å². The van der Waals surface area contributed by atoms with Gasteiger partial charge >= 0.3 is 12.0 Å². The quantitative estimate of drug-likeness (QED) is 0.803. The molecule has 7 nitrogen and oxygen atoms in total. The van der Waals surface area contributed by atoms with Gasteiger partial charge in [0.05, 0.1) is 12.7 Å². The molecule has 0 heterocycles. The second-order valence-corrected chi connectivity index (χ2v) is 3.97. The molecule has 1 atom stereocenters. The van der Waals surface area contributed by atoms with Crippen LogP contribution in [0.2, 0.25) is 0 Å². The van der Waals surface area contributed by atoms with Crippen molar-refractivity contribution in [1.29, 1.82) is 0 Å². The Kier molecular flexibility index (Phi) is 5.65. The monoisotopic (exact) mass is 298 g/mol. The van der Waals surface area contributed by atoms with Crippen LogP contribution in [-0.2, 0) is 9.53 Å². The van der Waals surface area contributed by atoms with Crippen LogP contribution in [-0.4, -0.2) is 38.2 Å². The summed E-state index contributed by atoms with van der Waals surface area (Å²) in [6.45, 7) is 1.29. The van der Waals surface area contributed by atoms with Crippen LogP contribution in [0.25, 0.3) is 0 Å². The van der Waals surface area contributed by atoms with Crippen LogP contribution >= 0.6 is 0 Å². The Morgan fingerprint density at radius 2 is 1.95 bits per heavy atom. The number of hydrogen-bond acceptors (Lipinski definition) is 5. The Labute approximate surface area is 120 Å². The van der Waals surface area contributed by atoms with Crippen molar-refractivity contribution in [2.45, 2.75) is 13.0 Å². The van der Waals surface area contributed by atoms with Crippen molar-refractivity contribution in [3.8, 4) is 5.75 Å². The van der Waals surface area contributed by atoms with E-state index in [1.165, 1.54) is 33.2 Å². The molecule has 21 heavy (non-hydrogen) atoms. The standard InChI is InChI=1S/C13H15FN2O5/c1-7(11(17)16-13(19)15-2)21-12(18)8-4-5-10(20-3)9(14)6-8/h4-7H,1-3H3,(H2,15,16,17,19)/t7-/m0/s1. The minimum absolute atomic E-state index is 0.0167. The molecule has 0 saturated carbocycles. The highest BCUT2D eigenvalue weighted by Crippen LogP contribution is 2.18. The van der Waals surface area contributed by atoms with E-state index in [2.05, 4.69) is 5.32 Å². The molecule has 0 unspecified atom stereocenters. The fourth-order valence-electron chi connectivity index (χ4n) is 1.35. The van der Waals surface area contributed by atoms with Gasteiger partial charge in [-0.05, 0) is 25.1 Å². The normalized spacial score (nSPS) is 11.2. The Balaban J connectivity index is 2.70. The lowest BCUT2D eigenvalue weighted by molar-refractivity contribution is -0.127. The number of ether oxygens (including phenoxy) is 2. The van der Waals surface area contributed by atoms with Crippen LogP contribution in [0.3, 0.4) is 0 Å². The van der Waals surface area contributed by atoms with E-state index < -0.39 is 29.8 Å². The SMILES string of the molecule is CNC(=O)NC(=O)[C@H](C)OC(=O)c1ccc(OC)c(F)c1. The number of halogens is 1. The Bertz CT molecular complexity index is 561. The molecular formula is C13H15FN2O5. The van der Waals surface area contributed by atoms with Crippen LogP contribution in [0.1, 0.15) is 17.3 Å². The summed E-state index contributed by atoms with van der Waals surface area (Å²) in [7, 11) is 2.63. The zero-order chi connectivity index (χ0) is 16.0. The molecule has 0 aliphatic heterocycles. The number of carbonyl (C=O) groups is 3. The van der Waals surface area contributed by atoms with Crippen LogP contribution in [0.4, 0.5) is 9.18 Å². The molecule has 1 aromatic carbocycles. The van der Waals surface area contributed by atoms with Crippen molar-refractivity contribution in [2.75, 3.05) is 14.2 Å². The van der Waals surface area contributed by atoms with E-state index in [0.717, 1.165) is 6.07 Å². The maximum Gasteiger partial charge on any atom is 0.339 e. The van der Waals surface area contributed by atoms with E-state index in [9.17, 15) is 18.8 Å². The zero-order valence-electron chi connectivity index (χ0n) is 11.7. The van der Waals surface area contributed by atoms with E-state index in [-0.39, 0.29) is 11.3 Å². The number of methoxy groups -OCH3 is 1. The minimum Gasteiger partial charge on any atom is -0.494 e. The summed E-state index contributed by atoms with van der Waals surface area (Å²) in [6.07, 6.45) is -1.21. The first kappa shape index (κ1) is 16.4. The number of carbonyl (C=O) groups excluding carboxylic acids is 3. The van der Waals surface area contributed by atoms with Gasteiger partial charge < -0.3 is 14.8 Å². The molecule has 8 heteroatoms. The molecule has 0 radical (unpaired) electrons. The molecular weight excluding hydrogens is 283 g/mol. The summed E-state index contributed by atoms with van der Waals surface area (Å²) in [4.78, 5) is 34.2. The van der Waals surface area contributed by atoms with Crippen LogP contribution < -0.4 is 15.4 Å². The molecule has 114 valence electrons. The van der Waals surface area contributed by atoms with Gasteiger partial charge in [-0.2, -0.15) is 0 Å². The smallest absolute Gasteiger partial charge is 0.339 e. The second kappa shape index (κ2) is 7.22. The molecule has 0 saturated heterocycles. The highest BCUT2D eigenvalue weighted by molar-refractivity contribution is 5.98. The fraction of sp³-hybridized carbons (Fsp3) is 0.308. The Morgan fingerprint density at radius 1 is 1.29 bits per heavy atom. The molecule has 0 bridgehead atoms. The van der Waals surface area contributed by atoms with Crippen LogP contribution in [0.15, 0.2) is 18.2 Å². The third-order valence-electron chi connectivity index (χ3n) is 2.50. The van der Waals surface area contributed by atoms with Gasteiger partial charge in [0.1, 0.15) is 0 Å². The summed E-state index contributed by atoms with van der Waals surface area (Å²) < 4.78 is 23.0. The lowest BCUT2D eigenvalue weighted by atomic mass is 10.2. The molecule has 1 rings (SSSR count). The number of urea groups is 1. The van der Waals surface area contributed by atoms with E-state index in [1.807, 2.05) is 5.32 Å². The lowest BCUT2D eigenvalue weighted by Crippen LogP contribution is -2.43. The fourth-order valence-corrected chi connectivity index (χ4v) is 1.35. The first-order valence-corrected chi connectivity index (χ1v) is 5.96. The Hall–Kier alpha value is -2.64. The van der Waals surface area contributed by atoms with Crippen LogP contribution in [0, 0.1) is 5.82 Å². The van der Waals surface area contributed by atoms with Gasteiger partial charge in [0.15, 0.2) is 17.7 Å². The third-order valence-corrected chi connectivity index (χ3v) is 2.50. The maximum absolute atomic E-state index is 13.5. The first-order valence-electron chi connectivity index (χ1n) is 5.96. The number of benzene rings is 1. The maximum atomic E-state index is 13.5. The summed E-state index contributed by atoms with van der Waals surface area (Å²) in [5.41, 5.74) is -0.0760. The van der Waals surface area contributed by atoms with Gasteiger partial charge in [-0.15, -0.1) is 0 Å². The molecule has 0 fully saturated rings. The predicted molar refractivity (Wildman–Crippen MR) is 70.4 cm³/mol. The van der Waals surface area contributed by atoms with E-state index in [4.69, 9.17) is 9.47 Å². The first-order chi connectivity index (χ1) is 9.88. The van der Waals surface area contributed by atoms with E-state index >= 15 is 0 Å². The molecule has 1 aromatic rings. The predicted octanol–water partition coefficient (Wildman–Crippen LogP) is 0.835. The molecule has 3 amide bonds. The van der Waals surface area contributed by atoms with Crippen molar-refractivity contribution in [2.24, 2.45) is 0 Å². The number of imide groups is 1. The highest BCUT2D eigenvalue weighted by Gasteiger charge is 2.21. The summed E-state index contributed by atoms with van der Waals surface area (Å²) in [5, 5.41) is 4.14. The summed E-state index contributed by atoms with van der Waals surface area (Å²) in [5.74, 6) is -2.43. The molecule has 0 aromatic heterocycles. The Morgan fingerprint density at radius 3 is 2.48 bits per heavy atom. The van der Waals surface area contributed by atoms with Gasteiger partial charge in [0, 0.05) is 7.05 Å². The number of esters is 1. The third kappa shape index (κ3) is 4.44. The summed E-state index contributed by atoms with van der Waals surface area (Å²) >= 11 is 0. The molecule has 0 aliphatic rings. The lowest BCUT2D eigenvalue weighted by Gasteiger charge is -2.13.